The van der Waals surface area contributed by atoms with Crippen LogP contribution >= 0.6 is 0 Å². The van der Waals surface area contributed by atoms with Gasteiger partial charge >= 0.3 is 6.18 Å². The van der Waals surface area contributed by atoms with Crippen molar-refractivity contribution in [1.82, 2.24) is 0 Å². The van der Waals surface area contributed by atoms with Crippen LogP contribution in [0.3, 0.4) is 0 Å². The lowest BCUT2D eigenvalue weighted by Crippen LogP contribution is -2.18. The number of halogens is 3. The molecule has 0 saturated carbocycles. The lowest BCUT2D eigenvalue weighted by atomic mass is 10.2. The van der Waals surface area contributed by atoms with Crippen LogP contribution in [-0.4, -0.2) is 17.0 Å². The molecule has 0 unspecified atom stereocenters. The molecule has 0 aliphatic heterocycles. The summed E-state index contributed by atoms with van der Waals surface area (Å²) < 4.78 is 36.4. The van der Waals surface area contributed by atoms with E-state index in [1.54, 1.807) is 0 Å². The largest absolute Gasteiger partial charge is 0.508 e. The van der Waals surface area contributed by atoms with Gasteiger partial charge in [0.25, 0.3) is 0 Å². The summed E-state index contributed by atoms with van der Waals surface area (Å²) in [5.74, 6) is -0.182. The highest BCUT2D eigenvalue weighted by molar-refractivity contribution is 5.91. The minimum absolute atomic E-state index is 0.0800. The van der Waals surface area contributed by atoms with Gasteiger partial charge < -0.3 is 10.8 Å². The monoisotopic (exact) mass is 218 g/mol. The van der Waals surface area contributed by atoms with Gasteiger partial charge in [-0.25, -0.2) is 4.99 Å². The number of phenols is 1. The number of aromatic hydroxyl groups is 1. The maximum Gasteiger partial charge on any atom is 0.429 e. The summed E-state index contributed by atoms with van der Waals surface area (Å²) in [4.78, 5) is 3.30. The Bertz CT molecular complexity index is 399. The fraction of sp³-hybridized carbons (Fsp3) is 0.222. The maximum absolute atomic E-state index is 12.1. The van der Waals surface area contributed by atoms with Gasteiger partial charge in [-0.3, -0.25) is 0 Å². The van der Waals surface area contributed by atoms with Crippen LogP contribution in [0.5, 0.6) is 5.75 Å². The minimum atomic E-state index is -4.49. The summed E-state index contributed by atoms with van der Waals surface area (Å²) in [5.41, 5.74) is 4.37. The number of nitrogen functional groups attached to an aromatic ring is 1. The van der Waals surface area contributed by atoms with Gasteiger partial charge in [0, 0.05) is 6.07 Å². The molecule has 3 N–H and O–H groups in total. The zero-order valence-electron chi connectivity index (χ0n) is 7.84. The molecule has 1 aromatic rings. The SMILES string of the molecule is CC(=Nc1cc(O)ccc1N)C(F)(F)F. The molecule has 0 spiro atoms. The Morgan fingerprint density at radius 1 is 1.40 bits per heavy atom. The van der Waals surface area contributed by atoms with E-state index in [4.69, 9.17) is 10.8 Å². The Kier molecular flexibility index (Phi) is 2.88. The van der Waals surface area contributed by atoms with Crippen molar-refractivity contribution in [2.45, 2.75) is 13.1 Å². The third kappa shape index (κ3) is 2.87. The van der Waals surface area contributed by atoms with Gasteiger partial charge in [-0.1, -0.05) is 0 Å². The van der Waals surface area contributed by atoms with Crippen molar-refractivity contribution in [1.29, 1.82) is 0 Å². The molecule has 1 aromatic carbocycles. The van der Waals surface area contributed by atoms with Crippen LogP contribution in [-0.2, 0) is 0 Å². The van der Waals surface area contributed by atoms with Gasteiger partial charge in [0.05, 0.1) is 11.4 Å². The fourth-order valence-electron chi connectivity index (χ4n) is 0.873. The predicted octanol–water partition coefficient (Wildman–Crippen LogP) is 2.63. The number of nitrogens with zero attached hydrogens (tertiary/aromatic N) is 1. The van der Waals surface area contributed by atoms with E-state index in [0.29, 0.717) is 0 Å². The first kappa shape index (κ1) is 11.4. The Balaban J connectivity index is 3.13. The van der Waals surface area contributed by atoms with E-state index in [0.717, 1.165) is 13.0 Å². The van der Waals surface area contributed by atoms with E-state index in [-0.39, 0.29) is 17.1 Å². The van der Waals surface area contributed by atoms with Gasteiger partial charge in [-0.2, -0.15) is 13.2 Å². The number of phenolic OH excluding ortho intramolecular Hbond substituents is 1. The van der Waals surface area contributed by atoms with Crippen molar-refractivity contribution in [2.75, 3.05) is 5.73 Å². The Morgan fingerprint density at radius 3 is 2.53 bits per heavy atom. The lowest BCUT2D eigenvalue weighted by Gasteiger charge is -2.06. The molecule has 0 saturated heterocycles. The van der Waals surface area contributed by atoms with Crippen molar-refractivity contribution in [3.05, 3.63) is 18.2 Å². The van der Waals surface area contributed by atoms with Crippen LogP contribution < -0.4 is 5.73 Å². The van der Waals surface area contributed by atoms with E-state index in [9.17, 15) is 13.2 Å². The van der Waals surface area contributed by atoms with Crippen LogP contribution in [0.2, 0.25) is 0 Å². The molecule has 3 nitrogen and oxygen atoms in total. The van der Waals surface area contributed by atoms with Crippen LogP contribution in [0.15, 0.2) is 23.2 Å². The molecule has 82 valence electrons. The van der Waals surface area contributed by atoms with Crippen LogP contribution in [0, 0.1) is 0 Å². The standard InChI is InChI=1S/C9H9F3N2O/c1-5(9(10,11)12)14-8-4-6(15)2-3-7(8)13/h2-4,15H,13H2,1H3. The maximum atomic E-state index is 12.1. The van der Waals surface area contributed by atoms with E-state index >= 15 is 0 Å². The van der Waals surface area contributed by atoms with E-state index < -0.39 is 11.9 Å². The topological polar surface area (TPSA) is 58.6 Å². The smallest absolute Gasteiger partial charge is 0.429 e. The molecule has 15 heavy (non-hydrogen) atoms. The first-order chi connectivity index (χ1) is 6.80. The summed E-state index contributed by atoms with van der Waals surface area (Å²) in [6, 6.07) is 3.64. The van der Waals surface area contributed by atoms with Crippen molar-refractivity contribution in [2.24, 2.45) is 4.99 Å². The quantitative estimate of drug-likeness (QED) is 0.432. The third-order valence-corrected chi connectivity index (χ3v) is 1.71. The zero-order chi connectivity index (χ0) is 11.6. The molecule has 1 rings (SSSR count). The average molecular weight is 218 g/mol. The van der Waals surface area contributed by atoms with Gasteiger partial charge in [-0.05, 0) is 19.1 Å². The van der Waals surface area contributed by atoms with Crippen molar-refractivity contribution >= 4 is 17.1 Å². The molecule has 0 amide bonds. The summed E-state index contributed by atoms with van der Waals surface area (Å²) in [6.45, 7) is 0.837. The summed E-state index contributed by atoms with van der Waals surface area (Å²) in [7, 11) is 0. The van der Waals surface area contributed by atoms with Crippen molar-refractivity contribution in [3.63, 3.8) is 0 Å². The molecule has 0 bridgehead atoms. The first-order valence-corrected chi connectivity index (χ1v) is 4.01. The van der Waals surface area contributed by atoms with E-state index in [1.165, 1.54) is 12.1 Å². The Morgan fingerprint density at radius 2 is 2.00 bits per heavy atom. The van der Waals surface area contributed by atoms with Crippen LogP contribution in [0.1, 0.15) is 6.92 Å². The van der Waals surface area contributed by atoms with E-state index in [2.05, 4.69) is 4.99 Å². The zero-order valence-corrected chi connectivity index (χ0v) is 7.84. The molecule has 6 heteroatoms. The first-order valence-electron chi connectivity index (χ1n) is 4.01. The molecule has 0 aliphatic carbocycles. The van der Waals surface area contributed by atoms with Gasteiger partial charge in [0.2, 0.25) is 0 Å². The number of hydrogen-bond donors (Lipinski definition) is 2. The number of benzene rings is 1. The van der Waals surface area contributed by atoms with Crippen molar-refractivity contribution < 1.29 is 18.3 Å². The number of alkyl halides is 3. The molecule has 0 heterocycles. The average Bonchev–Trinajstić information content (AvgIpc) is 2.09. The Hall–Kier alpha value is -1.72. The molecular weight excluding hydrogens is 209 g/mol. The van der Waals surface area contributed by atoms with Gasteiger partial charge in [-0.15, -0.1) is 0 Å². The lowest BCUT2D eigenvalue weighted by molar-refractivity contribution is -0.0591. The fourth-order valence-corrected chi connectivity index (χ4v) is 0.873. The molecule has 0 aromatic heterocycles. The van der Waals surface area contributed by atoms with Gasteiger partial charge in [0.1, 0.15) is 11.5 Å². The molecular formula is C9H9F3N2O. The number of hydrogen-bond acceptors (Lipinski definition) is 3. The number of anilines is 1. The van der Waals surface area contributed by atoms with Gasteiger partial charge in [0.15, 0.2) is 0 Å². The second-order valence-electron chi connectivity index (χ2n) is 2.94. The second-order valence-corrected chi connectivity index (χ2v) is 2.94. The Labute approximate surface area is 84.1 Å². The van der Waals surface area contributed by atoms with E-state index in [1.807, 2.05) is 0 Å². The highest BCUT2D eigenvalue weighted by atomic mass is 19.4. The van der Waals surface area contributed by atoms with Crippen LogP contribution in [0.4, 0.5) is 24.5 Å². The summed E-state index contributed by atoms with van der Waals surface area (Å²) in [5, 5.41) is 9.05. The normalized spacial score (nSPS) is 12.9. The third-order valence-electron chi connectivity index (χ3n) is 1.71. The molecule has 0 aliphatic rings. The molecule has 0 fully saturated rings. The highest BCUT2D eigenvalue weighted by Gasteiger charge is 2.32. The van der Waals surface area contributed by atoms with Crippen LogP contribution in [0.25, 0.3) is 0 Å². The number of nitrogens with two attached hydrogens (primary N) is 1. The predicted molar refractivity (Wildman–Crippen MR) is 51.3 cm³/mol. The summed E-state index contributed by atoms with van der Waals surface area (Å²) >= 11 is 0. The molecule has 0 radical (unpaired) electrons. The number of rotatable bonds is 1. The second kappa shape index (κ2) is 3.80. The number of aliphatic imine (C=N–C) groups is 1. The summed E-state index contributed by atoms with van der Waals surface area (Å²) in [6.07, 6.45) is -4.49. The minimum Gasteiger partial charge on any atom is -0.508 e. The molecule has 0 atom stereocenters. The highest BCUT2D eigenvalue weighted by Crippen LogP contribution is 2.29. The van der Waals surface area contributed by atoms with Crippen molar-refractivity contribution in [3.8, 4) is 5.75 Å².